The summed E-state index contributed by atoms with van der Waals surface area (Å²) in [6.45, 7) is 12.7. The highest BCUT2D eigenvalue weighted by Crippen LogP contribution is 2.26. The maximum Gasteiger partial charge on any atom is 0.255 e. The first kappa shape index (κ1) is 24.7. The van der Waals surface area contributed by atoms with Crippen LogP contribution in [0.2, 0.25) is 0 Å². The molecule has 0 radical (unpaired) electrons. The first-order valence-electron chi connectivity index (χ1n) is 12.3. The van der Waals surface area contributed by atoms with Gasteiger partial charge in [-0.05, 0) is 80.3 Å². The number of benzene rings is 2. The summed E-state index contributed by atoms with van der Waals surface area (Å²) in [6.07, 6.45) is 1.76. The molecule has 2 heterocycles. The number of piperidine rings is 1. The molecule has 2 aliphatic heterocycles. The summed E-state index contributed by atoms with van der Waals surface area (Å²) in [6, 6.07) is 12.2. The number of carbonyl (C=O) groups excluding carboxylic acids is 1. The number of carbonyl (C=O) groups is 1. The zero-order valence-electron chi connectivity index (χ0n) is 20.5. The van der Waals surface area contributed by atoms with Gasteiger partial charge in [0.2, 0.25) is 10.0 Å². The van der Waals surface area contributed by atoms with E-state index >= 15 is 0 Å². The Hall–Kier alpha value is -2.42. The molecule has 0 aromatic heterocycles. The third kappa shape index (κ3) is 5.45. The SMILES string of the molecule is CCN1CCN(c2ccc(NC(=O)c3ccc(S(=O)(=O)N4CCC(C)CC4)cc3)cc2C)CC1. The van der Waals surface area contributed by atoms with E-state index in [0.717, 1.165) is 56.8 Å². The second kappa shape index (κ2) is 10.5. The molecule has 0 atom stereocenters. The van der Waals surface area contributed by atoms with Gasteiger partial charge in [-0.1, -0.05) is 13.8 Å². The molecule has 7 nitrogen and oxygen atoms in total. The fourth-order valence-corrected chi connectivity index (χ4v) is 6.22. The average Bonchev–Trinajstić information content (AvgIpc) is 2.84. The van der Waals surface area contributed by atoms with Gasteiger partial charge >= 0.3 is 0 Å². The van der Waals surface area contributed by atoms with Crippen molar-refractivity contribution in [2.24, 2.45) is 5.92 Å². The zero-order chi connectivity index (χ0) is 24.3. The van der Waals surface area contributed by atoms with E-state index < -0.39 is 10.0 Å². The number of anilines is 2. The molecule has 2 fully saturated rings. The average molecular weight is 485 g/mol. The zero-order valence-corrected chi connectivity index (χ0v) is 21.3. The fraction of sp³-hybridized carbons (Fsp3) is 0.500. The maximum atomic E-state index is 12.9. The van der Waals surface area contributed by atoms with Crippen LogP contribution >= 0.6 is 0 Å². The number of hydrogen-bond donors (Lipinski definition) is 1. The van der Waals surface area contributed by atoms with Crippen molar-refractivity contribution in [1.29, 1.82) is 0 Å². The molecule has 0 bridgehead atoms. The minimum absolute atomic E-state index is 0.238. The Balaban J connectivity index is 1.39. The van der Waals surface area contributed by atoms with Crippen LogP contribution in [0.4, 0.5) is 11.4 Å². The lowest BCUT2D eigenvalue weighted by atomic mass is 10.0. The Labute approximate surface area is 203 Å². The van der Waals surface area contributed by atoms with E-state index in [4.69, 9.17) is 0 Å². The van der Waals surface area contributed by atoms with Crippen LogP contribution in [-0.4, -0.2) is 69.3 Å². The van der Waals surface area contributed by atoms with Gasteiger partial charge in [0.05, 0.1) is 4.90 Å². The van der Waals surface area contributed by atoms with E-state index in [1.165, 1.54) is 17.8 Å². The maximum absolute atomic E-state index is 12.9. The molecule has 184 valence electrons. The molecule has 8 heteroatoms. The van der Waals surface area contributed by atoms with Crippen LogP contribution in [0.15, 0.2) is 47.4 Å². The van der Waals surface area contributed by atoms with Crippen LogP contribution in [0.3, 0.4) is 0 Å². The molecule has 2 aromatic rings. The first-order chi connectivity index (χ1) is 16.3. The molecule has 0 unspecified atom stereocenters. The van der Waals surface area contributed by atoms with E-state index in [1.807, 2.05) is 12.1 Å². The van der Waals surface area contributed by atoms with Gasteiger partial charge in [0.15, 0.2) is 0 Å². The minimum Gasteiger partial charge on any atom is -0.369 e. The summed E-state index contributed by atoms with van der Waals surface area (Å²) in [5, 5.41) is 2.95. The normalized spacial score (nSPS) is 18.7. The van der Waals surface area contributed by atoms with Crippen molar-refractivity contribution in [3.63, 3.8) is 0 Å². The van der Waals surface area contributed by atoms with Crippen molar-refractivity contribution in [3.05, 3.63) is 53.6 Å². The summed E-state index contributed by atoms with van der Waals surface area (Å²) in [7, 11) is -3.52. The molecule has 1 amide bonds. The molecule has 2 aromatic carbocycles. The van der Waals surface area contributed by atoms with Gasteiger partial charge in [-0.25, -0.2) is 8.42 Å². The third-order valence-electron chi connectivity index (χ3n) is 7.11. The summed E-state index contributed by atoms with van der Waals surface area (Å²) in [5.74, 6) is 0.306. The monoisotopic (exact) mass is 484 g/mol. The van der Waals surface area contributed by atoms with Gasteiger partial charge in [-0.3, -0.25) is 4.79 Å². The molecule has 0 saturated carbocycles. The van der Waals surface area contributed by atoms with E-state index in [2.05, 4.69) is 42.0 Å². The van der Waals surface area contributed by atoms with Crippen molar-refractivity contribution in [2.75, 3.05) is 56.0 Å². The Kier molecular flexibility index (Phi) is 7.60. The van der Waals surface area contributed by atoms with Crippen molar-refractivity contribution >= 4 is 27.3 Å². The predicted octanol–water partition coefficient (Wildman–Crippen LogP) is 3.81. The summed E-state index contributed by atoms with van der Waals surface area (Å²) >= 11 is 0. The van der Waals surface area contributed by atoms with Crippen LogP contribution in [0.25, 0.3) is 0 Å². The molecule has 0 spiro atoms. The summed E-state index contributed by atoms with van der Waals surface area (Å²) < 4.78 is 27.4. The van der Waals surface area contributed by atoms with E-state index in [9.17, 15) is 13.2 Å². The van der Waals surface area contributed by atoms with E-state index in [1.54, 1.807) is 16.4 Å². The predicted molar refractivity (Wildman–Crippen MR) is 137 cm³/mol. The highest BCUT2D eigenvalue weighted by Gasteiger charge is 2.28. The van der Waals surface area contributed by atoms with Gasteiger partial charge < -0.3 is 15.1 Å². The molecule has 2 saturated heterocycles. The number of likely N-dealkylation sites (N-methyl/N-ethyl adjacent to an activating group) is 1. The standard InChI is InChI=1S/C26H36N4O3S/c1-4-28-15-17-29(18-16-28)25-10-7-23(19-21(25)3)27-26(31)22-5-8-24(9-6-22)34(32,33)30-13-11-20(2)12-14-30/h5-10,19-20H,4,11-18H2,1-3H3,(H,27,31). The number of rotatable bonds is 6. The number of piperazine rings is 1. The Morgan fingerprint density at radius 2 is 1.62 bits per heavy atom. The number of nitrogens with zero attached hydrogens (tertiary/aromatic N) is 3. The van der Waals surface area contributed by atoms with E-state index in [-0.39, 0.29) is 10.8 Å². The second-order valence-electron chi connectivity index (χ2n) is 9.49. The number of amides is 1. The van der Waals surface area contributed by atoms with Gasteiger partial charge in [-0.2, -0.15) is 4.31 Å². The topological polar surface area (TPSA) is 73.0 Å². The van der Waals surface area contributed by atoms with Crippen LogP contribution in [-0.2, 0) is 10.0 Å². The van der Waals surface area contributed by atoms with Crippen LogP contribution in [0.5, 0.6) is 0 Å². The van der Waals surface area contributed by atoms with Crippen LogP contribution in [0, 0.1) is 12.8 Å². The van der Waals surface area contributed by atoms with Crippen molar-refractivity contribution in [1.82, 2.24) is 9.21 Å². The minimum atomic E-state index is -3.52. The van der Waals surface area contributed by atoms with Gasteiger partial charge in [0.1, 0.15) is 0 Å². The lowest BCUT2D eigenvalue weighted by molar-refractivity contribution is 0.102. The third-order valence-corrected chi connectivity index (χ3v) is 9.02. The largest absolute Gasteiger partial charge is 0.369 e. The number of aryl methyl sites for hydroxylation is 1. The van der Waals surface area contributed by atoms with Gasteiger partial charge in [0, 0.05) is 56.2 Å². The molecular formula is C26H36N4O3S. The first-order valence-corrected chi connectivity index (χ1v) is 13.7. The molecule has 4 rings (SSSR count). The lowest BCUT2D eigenvalue weighted by Crippen LogP contribution is -2.46. The quantitative estimate of drug-likeness (QED) is 0.675. The number of hydrogen-bond acceptors (Lipinski definition) is 5. The van der Waals surface area contributed by atoms with E-state index in [0.29, 0.717) is 24.6 Å². The van der Waals surface area contributed by atoms with Crippen LogP contribution < -0.4 is 10.2 Å². The molecule has 34 heavy (non-hydrogen) atoms. The number of sulfonamides is 1. The molecule has 2 aliphatic rings. The number of nitrogens with one attached hydrogen (secondary N) is 1. The molecule has 0 aliphatic carbocycles. The van der Waals surface area contributed by atoms with Crippen molar-refractivity contribution in [2.45, 2.75) is 38.5 Å². The van der Waals surface area contributed by atoms with Crippen molar-refractivity contribution < 1.29 is 13.2 Å². The highest BCUT2D eigenvalue weighted by molar-refractivity contribution is 7.89. The molecule has 1 N–H and O–H groups in total. The smallest absolute Gasteiger partial charge is 0.255 e. The summed E-state index contributed by atoms with van der Waals surface area (Å²) in [4.78, 5) is 17.9. The van der Waals surface area contributed by atoms with Gasteiger partial charge in [-0.15, -0.1) is 0 Å². The second-order valence-corrected chi connectivity index (χ2v) is 11.4. The Bertz CT molecular complexity index is 1100. The van der Waals surface area contributed by atoms with Gasteiger partial charge in [0.25, 0.3) is 5.91 Å². The fourth-order valence-electron chi connectivity index (χ4n) is 4.75. The van der Waals surface area contributed by atoms with Crippen LogP contribution in [0.1, 0.15) is 42.6 Å². The highest BCUT2D eigenvalue weighted by atomic mass is 32.2. The lowest BCUT2D eigenvalue weighted by Gasteiger charge is -2.36. The molecular weight excluding hydrogens is 448 g/mol. The van der Waals surface area contributed by atoms with Crippen molar-refractivity contribution in [3.8, 4) is 0 Å². The Morgan fingerprint density at radius 3 is 2.21 bits per heavy atom. The Morgan fingerprint density at radius 1 is 0.971 bits per heavy atom. The summed E-state index contributed by atoms with van der Waals surface area (Å²) in [5.41, 5.74) is 3.50.